The van der Waals surface area contributed by atoms with Crippen molar-refractivity contribution >= 4 is 0 Å². The maximum Gasteiger partial charge on any atom is 0.416 e. The Morgan fingerprint density at radius 3 is 1.33 bits per heavy atom. The Balaban J connectivity index is 3.75. The standard InChI is InChI=1S/C11H7F9O/c12-9(13,14)5-3-7(10(15,16)17)6(1-2-21)8(4-5)11(18,19)20/h3-4,21H,1-2H2. The maximum atomic E-state index is 12.7. The SMILES string of the molecule is OCCc1c(C(F)(F)F)cc(C(F)(F)F)cc1C(F)(F)F. The molecule has 1 nitrogen and oxygen atoms in total. The van der Waals surface area contributed by atoms with E-state index >= 15 is 0 Å². The van der Waals surface area contributed by atoms with Crippen molar-refractivity contribution in [3.05, 3.63) is 34.4 Å². The molecular formula is C11H7F9O. The van der Waals surface area contributed by atoms with Crippen LogP contribution < -0.4 is 0 Å². The zero-order chi connectivity index (χ0) is 16.6. The van der Waals surface area contributed by atoms with Gasteiger partial charge in [-0.15, -0.1) is 0 Å². The predicted octanol–water partition coefficient (Wildman–Crippen LogP) is 4.28. The highest BCUT2D eigenvalue weighted by atomic mass is 19.4. The van der Waals surface area contributed by atoms with Crippen molar-refractivity contribution in [1.29, 1.82) is 0 Å². The van der Waals surface area contributed by atoms with Gasteiger partial charge >= 0.3 is 18.5 Å². The van der Waals surface area contributed by atoms with Crippen LogP contribution in [0.4, 0.5) is 39.5 Å². The van der Waals surface area contributed by atoms with E-state index in [4.69, 9.17) is 5.11 Å². The molecule has 1 rings (SSSR count). The summed E-state index contributed by atoms with van der Waals surface area (Å²) in [6.07, 6.45) is -17.3. The smallest absolute Gasteiger partial charge is 0.396 e. The molecule has 21 heavy (non-hydrogen) atoms. The highest BCUT2D eigenvalue weighted by molar-refractivity contribution is 5.43. The first-order valence-electron chi connectivity index (χ1n) is 5.28. The molecule has 0 fully saturated rings. The number of rotatable bonds is 2. The second kappa shape index (κ2) is 5.39. The quantitative estimate of drug-likeness (QED) is 0.805. The van der Waals surface area contributed by atoms with Crippen LogP contribution in [0.1, 0.15) is 22.3 Å². The summed E-state index contributed by atoms with van der Waals surface area (Å²) in [5.41, 5.74) is -7.58. The van der Waals surface area contributed by atoms with Crippen LogP contribution in [0.2, 0.25) is 0 Å². The van der Waals surface area contributed by atoms with Crippen molar-refractivity contribution in [2.45, 2.75) is 24.9 Å². The molecule has 0 saturated carbocycles. The van der Waals surface area contributed by atoms with Crippen LogP contribution in [-0.2, 0) is 24.9 Å². The number of benzene rings is 1. The van der Waals surface area contributed by atoms with E-state index in [9.17, 15) is 39.5 Å². The molecule has 0 aromatic heterocycles. The lowest BCUT2D eigenvalue weighted by molar-refractivity contribution is -0.149. The van der Waals surface area contributed by atoms with Crippen LogP contribution in [0.25, 0.3) is 0 Å². The number of hydrogen-bond donors (Lipinski definition) is 1. The van der Waals surface area contributed by atoms with E-state index in [0.717, 1.165) is 0 Å². The average molecular weight is 326 g/mol. The molecular weight excluding hydrogens is 319 g/mol. The van der Waals surface area contributed by atoms with E-state index in [1.165, 1.54) is 0 Å². The zero-order valence-corrected chi connectivity index (χ0v) is 9.92. The summed E-state index contributed by atoms with van der Waals surface area (Å²) in [7, 11) is 0. The Morgan fingerprint density at radius 2 is 1.10 bits per heavy atom. The summed E-state index contributed by atoms with van der Waals surface area (Å²) in [5.74, 6) is 0. The fourth-order valence-corrected chi connectivity index (χ4v) is 1.72. The zero-order valence-electron chi connectivity index (χ0n) is 9.92. The van der Waals surface area contributed by atoms with Crippen molar-refractivity contribution < 1.29 is 44.6 Å². The molecule has 0 spiro atoms. The fraction of sp³-hybridized carbons (Fsp3) is 0.455. The van der Waals surface area contributed by atoms with Crippen molar-refractivity contribution in [2.75, 3.05) is 6.61 Å². The first kappa shape index (κ1) is 17.6. The first-order chi connectivity index (χ1) is 9.28. The lowest BCUT2D eigenvalue weighted by atomic mass is 9.94. The fourth-order valence-electron chi connectivity index (χ4n) is 1.72. The average Bonchev–Trinajstić information content (AvgIpc) is 2.24. The molecule has 10 heteroatoms. The Kier molecular flexibility index (Phi) is 4.52. The normalized spacial score (nSPS) is 13.6. The van der Waals surface area contributed by atoms with Gasteiger partial charge in [0.25, 0.3) is 0 Å². The minimum atomic E-state index is -5.41. The molecule has 1 aromatic rings. The molecule has 0 unspecified atom stereocenters. The molecule has 1 N–H and O–H groups in total. The number of aliphatic hydroxyl groups excluding tert-OH is 1. The van der Waals surface area contributed by atoms with Crippen LogP contribution in [0.3, 0.4) is 0 Å². The van der Waals surface area contributed by atoms with Crippen LogP contribution in [0.15, 0.2) is 12.1 Å². The number of hydrogen-bond acceptors (Lipinski definition) is 1. The van der Waals surface area contributed by atoms with E-state index < -0.39 is 53.8 Å². The van der Waals surface area contributed by atoms with Gasteiger partial charge < -0.3 is 5.11 Å². The minimum Gasteiger partial charge on any atom is -0.396 e. The molecule has 0 amide bonds. The van der Waals surface area contributed by atoms with Crippen LogP contribution in [-0.4, -0.2) is 11.7 Å². The van der Waals surface area contributed by atoms with Crippen LogP contribution >= 0.6 is 0 Å². The van der Waals surface area contributed by atoms with Gasteiger partial charge in [-0.1, -0.05) is 0 Å². The molecule has 0 aliphatic carbocycles. The molecule has 0 bridgehead atoms. The van der Waals surface area contributed by atoms with E-state index in [0.29, 0.717) is 0 Å². The number of aliphatic hydroxyl groups is 1. The van der Waals surface area contributed by atoms with Gasteiger partial charge in [0.15, 0.2) is 0 Å². The van der Waals surface area contributed by atoms with E-state index in [1.807, 2.05) is 0 Å². The lowest BCUT2D eigenvalue weighted by Crippen LogP contribution is -2.20. The van der Waals surface area contributed by atoms with Crippen LogP contribution in [0, 0.1) is 0 Å². The largest absolute Gasteiger partial charge is 0.416 e. The number of alkyl halides is 9. The Morgan fingerprint density at radius 1 is 0.714 bits per heavy atom. The van der Waals surface area contributed by atoms with Crippen molar-refractivity contribution in [3.8, 4) is 0 Å². The third-order valence-electron chi connectivity index (χ3n) is 2.55. The van der Waals surface area contributed by atoms with Gasteiger partial charge in [-0.05, 0) is 24.1 Å². The number of halogens is 9. The highest BCUT2D eigenvalue weighted by Gasteiger charge is 2.44. The molecule has 0 atom stereocenters. The minimum absolute atomic E-state index is 0.389. The molecule has 120 valence electrons. The van der Waals surface area contributed by atoms with Gasteiger partial charge in [-0.2, -0.15) is 39.5 Å². The molecule has 0 aliphatic rings. The monoisotopic (exact) mass is 326 g/mol. The predicted molar refractivity (Wildman–Crippen MR) is 52.2 cm³/mol. The van der Waals surface area contributed by atoms with E-state index in [1.54, 1.807) is 0 Å². The summed E-state index contributed by atoms with van der Waals surface area (Å²) in [6, 6.07) is -0.777. The van der Waals surface area contributed by atoms with Gasteiger partial charge in [0.05, 0.1) is 16.7 Å². The second-order valence-electron chi connectivity index (χ2n) is 4.02. The van der Waals surface area contributed by atoms with Crippen molar-refractivity contribution in [2.24, 2.45) is 0 Å². The van der Waals surface area contributed by atoms with Crippen molar-refractivity contribution in [1.82, 2.24) is 0 Å². The summed E-state index contributed by atoms with van der Waals surface area (Å²) in [6.45, 7) is -1.07. The van der Waals surface area contributed by atoms with Crippen molar-refractivity contribution in [3.63, 3.8) is 0 Å². The summed E-state index contributed by atoms with van der Waals surface area (Å²) in [4.78, 5) is 0. The Labute approximate surface area is 112 Å². The van der Waals surface area contributed by atoms with Gasteiger partial charge in [0, 0.05) is 6.61 Å². The lowest BCUT2D eigenvalue weighted by Gasteiger charge is -2.21. The third kappa shape index (κ3) is 4.02. The van der Waals surface area contributed by atoms with Gasteiger partial charge in [0.1, 0.15) is 0 Å². The Bertz CT molecular complexity index is 475. The third-order valence-corrected chi connectivity index (χ3v) is 2.55. The van der Waals surface area contributed by atoms with Gasteiger partial charge in [-0.3, -0.25) is 0 Å². The molecule has 0 saturated heterocycles. The molecule has 0 heterocycles. The topological polar surface area (TPSA) is 20.2 Å². The van der Waals surface area contributed by atoms with E-state index in [-0.39, 0.29) is 12.1 Å². The maximum absolute atomic E-state index is 12.7. The van der Waals surface area contributed by atoms with Gasteiger partial charge in [0.2, 0.25) is 0 Å². The molecule has 0 aliphatic heterocycles. The van der Waals surface area contributed by atoms with Gasteiger partial charge in [-0.25, -0.2) is 0 Å². The first-order valence-corrected chi connectivity index (χ1v) is 5.28. The Hall–Kier alpha value is -1.45. The summed E-state index contributed by atoms with van der Waals surface area (Å²) >= 11 is 0. The van der Waals surface area contributed by atoms with Crippen LogP contribution in [0.5, 0.6) is 0 Å². The highest BCUT2D eigenvalue weighted by Crippen LogP contribution is 2.43. The van der Waals surface area contributed by atoms with E-state index in [2.05, 4.69) is 0 Å². The molecule has 1 aromatic carbocycles. The summed E-state index contributed by atoms with van der Waals surface area (Å²) in [5, 5.41) is 8.57. The molecule has 0 radical (unpaired) electrons. The summed E-state index contributed by atoms with van der Waals surface area (Å²) < 4.78 is 114. The second-order valence-corrected chi connectivity index (χ2v) is 4.02.